The van der Waals surface area contributed by atoms with E-state index in [-0.39, 0.29) is 11.4 Å². The van der Waals surface area contributed by atoms with Gasteiger partial charge >= 0.3 is 0 Å². The van der Waals surface area contributed by atoms with Gasteiger partial charge in [0.2, 0.25) is 10.0 Å². The zero-order valence-corrected chi connectivity index (χ0v) is 15.8. The van der Waals surface area contributed by atoms with Crippen LogP contribution in [0.4, 0.5) is 5.82 Å². The molecule has 0 radical (unpaired) electrons. The van der Waals surface area contributed by atoms with E-state index < -0.39 is 10.0 Å². The van der Waals surface area contributed by atoms with Gasteiger partial charge in [0, 0.05) is 29.9 Å². The lowest BCUT2D eigenvalue weighted by atomic mass is 10.2. The predicted molar refractivity (Wildman–Crippen MR) is 104 cm³/mol. The van der Waals surface area contributed by atoms with Crippen LogP contribution in [0.5, 0.6) is 0 Å². The van der Waals surface area contributed by atoms with Gasteiger partial charge in [-0.05, 0) is 30.3 Å². The van der Waals surface area contributed by atoms with Crippen molar-refractivity contribution < 1.29 is 8.42 Å². The first-order chi connectivity index (χ1) is 12.5. The van der Waals surface area contributed by atoms with Crippen LogP contribution >= 0.6 is 11.6 Å². The van der Waals surface area contributed by atoms with E-state index in [0.29, 0.717) is 29.6 Å². The zero-order chi connectivity index (χ0) is 18.6. The van der Waals surface area contributed by atoms with Gasteiger partial charge in [0.05, 0.1) is 10.4 Å². The quantitative estimate of drug-likeness (QED) is 0.605. The van der Waals surface area contributed by atoms with Crippen molar-refractivity contribution in [2.45, 2.75) is 18.2 Å². The summed E-state index contributed by atoms with van der Waals surface area (Å²) in [6.07, 6.45) is 0.692. The first-order valence-corrected chi connectivity index (χ1v) is 10.1. The Balaban J connectivity index is 1.70. The summed E-state index contributed by atoms with van der Waals surface area (Å²) in [4.78, 5) is 9.22. The number of nitrogens with zero attached hydrogens (tertiary/aromatic N) is 2. The van der Waals surface area contributed by atoms with Crippen LogP contribution in [0.15, 0.2) is 53.4 Å². The summed E-state index contributed by atoms with van der Waals surface area (Å²) in [5.74, 6) is 1.37. The molecule has 2 aromatic carbocycles. The van der Waals surface area contributed by atoms with Gasteiger partial charge in [-0.2, -0.15) is 0 Å². The molecule has 0 bridgehead atoms. The van der Waals surface area contributed by atoms with E-state index in [1.54, 1.807) is 42.5 Å². The number of halogens is 1. The zero-order valence-electron chi connectivity index (χ0n) is 14.2. The Kier molecular flexibility index (Phi) is 5.70. The fraction of sp³-hybridized carbons (Fsp3) is 0.222. The number of fused-ring (bicyclic) bond motifs is 1. The average molecular weight is 391 g/mol. The minimum atomic E-state index is -3.52. The molecule has 0 saturated carbocycles. The molecule has 1 aromatic heterocycles. The predicted octanol–water partition coefficient (Wildman–Crippen LogP) is 3.24. The van der Waals surface area contributed by atoms with E-state index >= 15 is 0 Å². The van der Waals surface area contributed by atoms with Gasteiger partial charge in [-0.1, -0.05) is 36.7 Å². The van der Waals surface area contributed by atoms with Crippen molar-refractivity contribution in [3.8, 4) is 0 Å². The van der Waals surface area contributed by atoms with Crippen LogP contribution in [0, 0.1) is 0 Å². The Morgan fingerprint density at radius 1 is 1.04 bits per heavy atom. The normalized spacial score (nSPS) is 11.6. The van der Waals surface area contributed by atoms with Crippen molar-refractivity contribution >= 4 is 38.3 Å². The molecule has 26 heavy (non-hydrogen) atoms. The maximum absolute atomic E-state index is 12.2. The second-order valence-electron chi connectivity index (χ2n) is 5.64. The Morgan fingerprint density at radius 2 is 1.81 bits per heavy atom. The fourth-order valence-electron chi connectivity index (χ4n) is 2.49. The number of aryl methyl sites for hydroxylation is 1. The Morgan fingerprint density at radius 3 is 2.54 bits per heavy atom. The molecular formula is C18H19ClN4O2S. The van der Waals surface area contributed by atoms with Crippen LogP contribution in [-0.4, -0.2) is 31.5 Å². The third-order valence-electron chi connectivity index (χ3n) is 3.78. The number of benzene rings is 2. The third-order valence-corrected chi connectivity index (χ3v) is 5.50. The molecule has 0 fully saturated rings. The van der Waals surface area contributed by atoms with Crippen LogP contribution in [0.2, 0.25) is 5.02 Å². The van der Waals surface area contributed by atoms with E-state index in [1.807, 2.05) is 13.0 Å². The molecule has 0 unspecified atom stereocenters. The molecule has 3 rings (SSSR count). The molecular weight excluding hydrogens is 372 g/mol. The Labute approximate surface area is 157 Å². The van der Waals surface area contributed by atoms with Gasteiger partial charge in [-0.25, -0.2) is 23.1 Å². The summed E-state index contributed by atoms with van der Waals surface area (Å²) in [7, 11) is -3.52. The van der Waals surface area contributed by atoms with Gasteiger partial charge in [-0.15, -0.1) is 0 Å². The number of hydrogen-bond acceptors (Lipinski definition) is 5. The third kappa shape index (κ3) is 4.30. The summed E-state index contributed by atoms with van der Waals surface area (Å²) in [6, 6.07) is 13.7. The molecule has 0 aliphatic rings. The Hall–Kier alpha value is -2.22. The minimum Gasteiger partial charge on any atom is -0.368 e. The number of anilines is 1. The fourth-order valence-corrected chi connectivity index (χ4v) is 3.71. The summed E-state index contributed by atoms with van der Waals surface area (Å²) < 4.78 is 27.0. The molecule has 8 heteroatoms. The largest absolute Gasteiger partial charge is 0.368 e. The molecule has 1 heterocycles. The first kappa shape index (κ1) is 18.6. The minimum absolute atomic E-state index is 0.234. The second kappa shape index (κ2) is 7.99. The van der Waals surface area contributed by atoms with E-state index in [2.05, 4.69) is 20.0 Å². The molecule has 0 amide bonds. The summed E-state index contributed by atoms with van der Waals surface area (Å²) >= 11 is 6.04. The first-order valence-electron chi connectivity index (χ1n) is 8.24. The molecule has 6 nitrogen and oxygen atoms in total. The highest BCUT2D eigenvalue weighted by atomic mass is 35.5. The van der Waals surface area contributed by atoms with E-state index in [1.165, 1.54) is 0 Å². The lowest BCUT2D eigenvalue weighted by Gasteiger charge is -2.11. The van der Waals surface area contributed by atoms with E-state index in [4.69, 9.17) is 11.6 Å². The van der Waals surface area contributed by atoms with Crippen molar-refractivity contribution in [2.75, 3.05) is 18.4 Å². The van der Waals surface area contributed by atoms with Crippen molar-refractivity contribution in [1.82, 2.24) is 14.7 Å². The maximum atomic E-state index is 12.2. The topological polar surface area (TPSA) is 84.0 Å². The number of rotatable bonds is 7. The van der Waals surface area contributed by atoms with Crippen LogP contribution in [0.25, 0.3) is 10.9 Å². The van der Waals surface area contributed by atoms with Gasteiger partial charge in [-0.3, -0.25) is 0 Å². The number of aromatic nitrogens is 2. The summed E-state index contributed by atoms with van der Waals surface area (Å²) in [6.45, 7) is 2.60. The highest BCUT2D eigenvalue weighted by molar-refractivity contribution is 7.89. The lowest BCUT2D eigenvalue weighted by molar-refractivity contribution is 0.583. The number of sulfonamides is 1. The van der Waals surface area contributed by atoms with Gasteiger partial charge < -0.3 is 5.32 Å². The monoisotopic (exact) mass is 390 g/mol. The van der Waals surface area contributed by atoms with Gasteiger partial charge in [0.15, 0.2) is 0 Å². The van der Waals surface area contributed by atoms with Gasteiger partial charge in [0.1, 0.15) is 11.6 Å². The van der Waals surface area contributed by atoms with Crippen molar-refractivity contribution in [3.05, 3.63) is 59.4 Å². The average Bonchev–Trinajstić information content (AvgIpc) is 2.65. The second-order valence-corrected chi connectivity index (χ2v) is 7.84. The van der Waals surface area contributed by atoms with Crippen molar-refractivity contribution in [1.29, 1.82) is 0 Å². The highest BCUT2D eigenvalue weighted by Gasteiger charge is 2.12. The standard InChI is InChI=1S/C18H19ClN4O2S/c1-2-17-22-16-12-13(19)8-9-15(16)18(23-17)20-10-11-21-26(24,25)14-6-4-3-5-7-14/h3-9,12,21H,2,10-11H2,1H3,(H,20,22,23). The molecule has 3 aromatic rings. The summed E-state index contributed by atoms with van der Waals surface area (Å²) in [5, 5.41) is 4.64. The van der Waals surface area contributed by atoms with Gasteiger partial charge in [0.25, 0.3) is 0 Å². The lowest BCUT2D eigenvalue weighted by Crippen LogP contribution is -2.29. The molecule has 0 aliphatic carbocycles. The van der Waals surface area contributed by atoms with E-state index in [0.717, 1.165) is 10.9 Å². The van der Waals surface area contributed by atoms with Crippen molar-refractivity contribution in [3.63, 3.8) is 0 Å². The highest BCUT2D eigenvalue weighted by Crippen LogP contribution is 2.23. The Bertz CT molecular complexity index is 1010. The van der Waals surface area contributed by atoms with Crippen LogP contribution in [0.1, 0.15) is 12.7 Å². The number of nitrogens with one attached hydrogen (secondary N) is 2. The van der Waals surface area contributed by atoms with Crippen LogP contribution in [-0.2, 0) is 16.4 Å². The van der Waals surface area contributed by atoms with E-state index in [9.17, 15) is 8.42 Å². The molecule has 0 saturated heterocycles. The maximum Gasteiger partial charge on any atom is 0.240 e. The number of hydrogen-bond donors (Lipinski definition) is 2. The van der Waals surface area contributed by atoms with Crippen LogP contribution in [0.3, 0.4) is 0 Å². The van der Waals surface area contributed by atoms with Crippen molar-refractivity contribution in [2.24, 2.45) is 0 Å². The molecule has 0 aliphatic heterocycles. The molecule has 136 valence electrons. The smallest absolute Gasteiger partial charge is 0.240 e. The SMILES string of the molecule is CCc1nc(NCCNS(=O)(=O)c2ccccc2)c2ccc(Cl)cc2n1. The van der Waals surface area contributed by atoms with Crippen LogP contribution < -0.4 is 10.0 Å². The molecule has 0 spiro atoms. The molecule has 2 N–H and O–H groups in total. The summed E-state index contributed by atoms with van der Waals surface area (Å²) in [5.41, 5.74) is 0.761. The molecule has 0 atom stereocenters.